The summed E-state index contributed by atoms with van der Waals surface area (Å²) < 4.78 is 0. The predicted molar refractivity (Wildman–Crippen MR) is 2.06 cm³/mol. The molecule has 5 heteroatoms. The summed E-state index contributed by atoms with van der Waals surface area (Å²) >= 11 is 0. The van der Waals surface area contributed by atoms with Gasteiger partial charge in [0.05, 0.1) is 0 Å². The molecule has 0 spiro atoms. The molecule has 38 valence electrons. The first-order valence-electron chi connectivity index (χ1n) is 0. The molecule has 0 aliphatic rings. The molecule has 5 heavy (non-hydrogen) atoms. The summed E-state index contributed by atoms with van der Waals surface area (Å²) in [7, 11) is 0. The third-order valence-electron chi connectivity index (χ3n) is 0. The molecular weight excluding hydrogens is 438 g/mol. The SMILES string of the molecule is [O-2].[O-2].[O-2].[Pt+3].[Pt+3]. The van der Waals surface area contributed by atoms with E-state index in [9.17, 15) is 0 Å². The maximum Gasteiger partial charge on any atom is 3.00 e. The number of hydrogen-bond acceptors (Lipinski definition) is 0. The van der Waals surface area contributed by atoms with Gasteiger partial charge in [0.1, 0.15) is 0 Å². The van der Waals surface area contributed by atoms with Crippen molar-refractivity contribution in [1.82, 2.24) is 0 Å². The van der Waals surface area contributed by atoms with E-state index in [-0.39, 0.29) is 58.6 Å². The minimum absolute atomic E-state index is 0. The van der Waals surface area contributed by atoms with Crippen molar-refractivity contribution in [2.45, 2.75) is 0 Å². The van der Waals surface area contributed by atoms with Gasteiger partial charge in [-0.25, -0.2) is 0 Å². The van der Waals surface area contributed by atoms with Crippen LogP contribution in [0.4, 0.5) is 0 Å². The second-order valence-corrected chi connectivity index (χ2v) is 0. The van der Waals surface area contributed by atoms with Crippen molar-refractivity contribution < 1.29 is 58.6 Å². The molecule has 0 amide bonds. The normalized spacial score (nSPS) is 0. The van der Waals surface area contributed by atoms with Gasteiger partial charge in [-0.2, -0.15) is 0 Å². The molecule has 0 aromatic carbocycles. The fraction of sp³-hybridized carbons (Fsp3) is 0. The Morgan fingerprint density at radius 3 is 0.400 bits per heavy atom. The quantitative estimate of drug-likeness (QED) is 0.495. The average Bonchev–Trinajstić information content (AvgIpc) is 0. The topological polar surface area (TPSA) is 85.5 Å². The van der Waals surface area contributed by atoms with Crippen molar-refractivity contribution in [3.63, 3.8) is 0 Å². The third kappa shape index (κ3) is 35.3. The first kappa shape index (κ1) is 109. The van der Waals surface area contributed by atoms with Crippen molar-refractivity contribution in [3.8, 4) is 0 Å². The molecule has 0 saturated heterocycles. The van der Waals surface area contributed by atoms with Crippen LogP contribution in [0.1, 0.15) is 0 Å². The van der Waals surface area contributed by atoms with Crippen LogP contribution < -0.4 is 0 Å². The van der Waals surface area contributed by atoms with E-state index in [2.05, 4.69) is 0 Å². The summed E-state index contributed by atoms with van der Waals surface area (Å²) in [5.74, 6) is 0. The summed E-state index contributed by atoms with van der Waals surface area (Å²) in [6, 6.07) is 0. The van der Waals surface area contributed by atoms with Crippen molar-refractivity contribution in [2.75, 3.05) is 0 Å². The summed E-state index contributed by atoms with van der Waals surface area (Å²) in [5, 5.41) is 0. The predicted octanol–water partition coefficient (Wildman–Crippen LogP) is -0.361. The van der Waals surface area contributed by atoms with E-state index in [0.717, 1.165) is 0 Å². The molecule has 0 aromatic heterocycles. The third-order valence-corrected chi connectivity index (χ3v) is 0. The molecule has 0 N–H and O–H groups in total. The maximum absolute atomic E-state index is 0. The molecule has 0 aliphatic carbocycles. The molecule has 0 unspecified atom stereocenters. The number of rotatable bonds is 0. The first-order valence-corrected chi connectivity index (χ1v) is 0. The van der Waals surface area contributed by atoms with Crippen LogP contribution in [0.2, 0.25) is 0 Å². The van der Waals surface area contributed by atoms with Crippen molar-refractivity contribution in [2.24, 2.45) is 0 Å². The molecule has 0 aromatic rings. The molecule has 2 radical (unpaired) electrons. The Balaban J connectivity index is 0. The van der Waals surface area contributed by atoms with E-state index in [1.54, 1.807) is 0 Å². The van der Waals surface area contributed by atoms with Crippen LogP contribution in [-0.2, 0) is 58.6 Å². The zero-order valence-electron chi connectivity index (χ0n) is 1.86. The summed E-state index contributed by atoms with van der Waals surface area (Å²) in [6.45, 7) is 0. The van der Waals surface area contributed by atoms with E-state index in [0.29, 0.717) is 0 Å². The Morgan fingerprint density at radius 1 is 0.400 bits per heavy atom. The van der Waals surface area contributed by atoms with Crippen molar-refractivity contribution >= 4 is 0 Å². The average molecular weight is 438 g/mol. The van der Waals surface area contributed by atoms with Gasteiger partial charge in [-0.1, -0.05) is 0 Å². The molecule has 0 bridgehead atoms. The Kier molecular flexibility index (Phi) is 1320. The zero-order valence-corrected chi connectivity index (χ0v) is 6.40. The molecule has 0 heterocycles. The van der Waals surface area contributed by atoms with Crippen LogP contribution in [0.15, 0.2) is 0 Å². The monoisotopic (exact) mass is 438 g/mol. The van der Waals surface area contributed by atoms with Gasteiger partial charge < -0.3 is 16.4 Å². The van der Waals surface area contributed by atoms with Gasteiger partial charge in [-0.05, 0) is 0 Å². The van der Waals surface area contributed by atoms with Crippen LogP contribution in [0.5, 0.6) is 0 Å². The van der Waals surface area contributed by atoms with Crippen LogP contribution in [0.3, 0.4) is 0 Å². The molecule has 0 saturated carbocycles. The van der Waals surface area contributed by atoms with E-state index in [4.69, 9.17) is 0 Å². The van der Waals surface area contributed by atoms with E-state index in [1.165, 1.54) is 0 Å². The Bertz CT molecular complexity index is 4.85. The fourth-order valence-corrected chi connectivity index (χ4v) is 0. The summed E-state index contributed by atoms with van der Waals surface area (Å²) in [5.41, 5.74) is 0. The molecule has 0 atom stereocenters. The molecule has 0 rings (SSSR count). The van der Waals surface area contributed by atoms with E-state index in [1.807, 2.05) is 0 Å². The first-order chi connectivity index (χ1) is 0. The maximum atomic E-state index is 0. The molecule has 0 aliphatic heterocycles. The standard InChI is InChI=1S/3O.2Pt/q3*-2;2*+3. The second kappa shape index (κ2) is 60.3. The molecular formula is O3Pt2. The van der Waals surface area contributed by atoms with Gasteiger partial charge in [0.2, 0.25) is 0 Å². The van der Waals surface area contributed by atoms with Gasteiger partial charge >= 0.3 is 42.1 Å². The Labute approximate surface area is 58.6 Å². The fourth-order valence-electron chi connectivity index (χ4n) is 0. The van der Waals surface area contributed by atoms with E-state index < -0.39 is 0 Å². The van der Waals surface area contributed by atoms with E-state index >= 15 is 0 Å². The van der Waals surface area contributed by atoms with Crippen LogP contribution in [0.25, 0.3) is 0 Å². The van der Waals surface area contributed by atoms with Gasteiger partial charge in [-0.3, -0.25) is 0 Å². The van der Waals surface area contributed by atoms with Gasteiger partial charge in [0.25, 0.3) is 0 Å². The van der Waals surface area contributed by atoms with Crippen molar-refractivity contribution in [3.05, 3.63) is 0 Å². The van der Waals surface area contributed by atoms with Crippen molar-refractivity contribution in [1.29, 1.82) is 0 Å². The smallest absolute Gasteiger partial charge is 2.00 e. The van der Waals surface area contributed by atoms with Gasteiger partial charge in [-0.15, -0.1) is 0 Å². The number of hydrogen-bond donors (Lipinski definition) is 0. The second-order valence-electron chi connectivity index (χ2n) is 0. The van der Waals surface area contributed by atoms with Crippen LogP contribution in [0, 0.1) is 0 Å². The summed E-state index contributed by atoms with van der Waals surface area (Å²) in [4.78, 5) is 0. The Hall–Kier alpha value is 1.26. The zero-order chi connectivity index (χ0) is 0. The minimum Gasteiger partial charge on any atom is -2.00 e. The van der Waals surface area contributed by atoms with Crippen LogP contribution in [-0.4, -0.2) is 0 Å². The van der Waals surface area contributed by atoms with Crippen LogP contribution >= 0.6 is 0 Å². The van der Waals surface area contributed by atoms with Gasteiger partial charge in [0.15, 0.2) is 0 Å². The molecule has 3 nitrogen and oxygen atoms in total. The Morgan fingerprint density at radius 2 is 0.400 bits per heavy atom. The molecule has 0 fully saturated rings. The minimum atomic E-state index is 0. The summed E-state index contributed by atoms with van der Waals surface area (Å²) in [6.07, 6.45) is 0. The van der Waals surface area contributed by atoms with Gasteiger partial charge in [0, 0.05) is 0 Å². The largest absolute Gasteiger partial charge is 3.00 e.